The fourth-order valence-electron chi connectivity index (χ4n) is 1.62. The van der Waals surface area contributed by atoms with Gasteiger partial charge in [-0.25, -0.2) is 5.84 Å². The average molecular weight is 171 g/mol. The van der Waals surface area contributed by atoms with E-state index in [1.165, 1.54) is 6.42 Å². The monoisotopic (exact) mass is 171 g/mol. The molecule has 3 N–H and O–H groups in total. The first-order chi connectivity index (χ1) is 5.59. The maximum absolute atomic E-state index is 10.8. The Balaban J connectivity index is 2.21. The molecule has 0 spiro atoms. The van der Waals surface area contributed by atoms with E-state index in [2.05, 4.69) is 24.2 Å². The number of hydrogen-bond donors (Lipinski definition) is 2. The van der Waals surface area contributed by atoms with Crippen LogP contribution in [0, 0.1) is 5.41 Å². The Labute approximate surface area is 73.1 Å². The van der Waals surface area contributed by atoms with E-state index in [1.807, 2.05) is 0 Å². The summed E-state index contributed by atoms with van der Waals surface area (Å²) < 4.78 is 0. The van der Waals surface area contributed by atoms with Crippen molar-refractivity contribution in [1.29, 1.82) is 0 Å². The summed E-state index contributed by atoms with van der Waals surface area (Å²) in [6, 6.07) is 0. The number of nitrogens with two attached hydrogens (primary N) is 1. The van der Waals surface area contributed by atoms with E-state index in [1.54, 1.807) is 0 Å². The number of nitrogens with one attached hydrogen (secondary N) is 1. The Morgan fingerprint density at radius 1 is 1.67 bits per heavy atom. The van der Waals surface area contributed by atoms with Gasteiger partial charge in [0.15, 0.2) is 0 Å². The lowest BCUT2D eigenvalue weighted by atomic mass is 9.79. The Bertz CT molecular complexity index is 175. The number of carbonyl (C=O) groups excluding carboxylic acids is 1. The molecule has 0 aliphatic carbocycles. The minimum atomic E-state index is -0.104. The van der Waals surface area contributed by atoms with Crippen LogP contribution in [0.4, 0.5) is 0 Å². The Hall–Kier alpha value is -0.610. The predicted molar refractivity (Wildman–Crippen MR) is 47.2 cm³/mol. The van der Waals surface area contributed by atoms with Gasteiger partial charge in [0.2, 0.25) is 5.91 Å². The molecule has 1 rings (SSSR count). The summed E-state index contributed by atoms with van der Waals surface area (Å²) in [5, 5.41) is 0. The first-order valence-corrected chi connectivity index (χ1v) is 4.31. The van der Waals surface area contributed by atoms with Crippen molar-refractivity contribution < 1.29 is 4.79 Å². The first-order valence-electron chi connectivity index (χ1n) is 4.31. The molecular weight excluding hydrogens is 154 g/mol. The first kappa shape index (κ1) is 9.48. The zero-order valence-electron chi connectivity index (χ0n) is 7.76. The van der Waals surface area contributed by atoms with Gasteiger partial charge in [-0.3, -0.25) is 15.1 Å². The van der Waals surface area contributed by atoms with Crippen molar-refractivity contribution in [1.82, 2.24) is 10.3 Å². The van der Waals surface area contributed by atoms with Crippen molar-refractivity contribution in [3.8, 4) is 0 Å². The Morgan fingerprint density at radius 3 is 2.67 bits per heavy atom. The molecule has 4 nitrogen and oxygen atoms in total. The molecular formula is C8H17N3O. The highest BCUT2D eigenvalue weighted by atomic mass is 16.2. The van der Waals surface area contributed by atoms with E-state index < -0.39 is 0 Å². The maximum atomic E-state index is 10.8. The van der Waals surface area contributed by atoms with Crippen LogP contribution in [0.1, 0.15) is 20.3 Å². The normalized spacial score (nSPS) is 21.6. The highest BCUT2D eigenvalue weighted by Crippen LogP contribution is 2.32. The lowest BCUT2D eigenvalue weighted by Gasteiger charge is -2.47. The Morgan fingerprint density at radius 2 is 2.25 bits per heavy atom. The van der Waals surface area contributed by atoms with Crippen LogP contribution in [0.2, 0.25) is 0 Å². The summed E-state index contributed by atoms with van der Waals surface area (Å²) in [5.74, 6) is 4.87. The fraction of sp³-hybridized carbons (Fsp3) is 0.875. The number of likely N-dealkylation sites (tertiary alicyclic amines) is 1. The third-order valence-electron chi connectivity index (χ3n) is 2.59. The van der Waals surface area contributed by atoms with Gasteiger partial charge in [0.05, 0.1) is 6.54 Å². The molecule has 1 saturated heterocycles. The second-order valence-corrected chi connectivity index (χ2v) is 3.88. The van der Waals surface area contributed by atoms with Crippen molar-refractivity contribution in [2.45, 2.75) is 20.3 Å². The largest absolute Gasteiger partial charge is 0.293 e. The summed E-state index contributed by atoms with van der Waals surface area (Å²) in [4.78, 5) is 12.9. The molecule has 1 aliphatic heterocycles. The zero-order valence-corrected chi connectivity index (χ0v) is 7.76. The van der Waals surface area contributed by atoms with Crippen LogP contribution in [-0.2, 0) is 4.79 Å². The van der Waals surface area contributed by atoms with Gasteiger partial charge >= 0.3 is 0 Å². The molecule has 4 heteroatoms. The van der Waals surface area contributed by atoms with Crippen LogP contribution < -0.4 is 11.3 Å². The molecule has 1 fully saturated rings. The van der Waals surface area contributed by atoms with E-state index in [-0.39, 0.29) is 5.91 Å². The summed E-state index contributed by atoms with van der Waals surface area (Å²) in [5.41, 5.74) is 2.55. The van der Waals surface area contributed by atoms with Gasteiger partial charge in [0.25, 0.3) is 0 Å². The third-order valence-corrected chi connectivity index (χ3v) is 2.59. The number of nitrogens with zero attached hydrogens (tertiary/aromatic N) is 1. The molecule has 0 radical (unpaired) electrons. The van der Waals surface area contributed by atoms with Crippen molar-refractivity contribution >= 4 is 5.91 Å². The van der Waals surface area contributed by atoms with Gasteiger partial charge in [-0.2, -0.15) is 0 Å². The lowest BCUT2D eigenvalue weighted by molar-refractivity contribution is -0.125. The molecule has 0 aromatic heterocycles. The van der Waals surface area contributed by atoms with Gasteiger partial charge in [0, 0.05) is 13.1 Å². The zero-order chi connectivity index (χ0) is 9.19. The van der Waals surface area contributed by atoms with Crippen LogP contribution in [0.25, 0.3) is 0 Å². The quantitative estimate of drug-likeness (QED) is 0.348. The minimum Gasteiger partial charge on any atom is -0.293 e. The molecule has 70 valence electrons. The highest BCUT2D eigenvalue weighted by Gasteiger charge is 2.37. The smallest absolute Gasteiger partial charge is 0.248 e. The van der Waals surface area contributed by atoms with Crippen LogP contribution in [0.15, 0.2) is 0 Å². The standard InChI is InChI=1S/C8H17N3O/c1-3-8(2)5-11(6-8)4-7(12)10-9/h3-6,9H2,1-2H3,(H,10,12). The van der Waals surface area contributed by atoms with E-state index in [4.69, 9.17) is 5.84 Å². The summed E-state index contributed by atoms with van der Waals surface area (Å²) in [7, 11) is 0. The highest BCUT2D eigenvalue weighted by molar-refractivity contribution is 5.77. The Kier molecular flexibility index (Phi) is 2.69. The van der Waals surface area contributed by atoms with Gasteiger partial charge in [0.1, 0.15) is 0 Å². The van der Waals surface area contributed by atoms with Crippen LogP contribution >= 0.6 is 0 Å². The van der Waals surface area contributed by atoms with Crippen molar-refractivity contribution in [3.63, 3.8) is 0 Å². The van der Waals surface area contributed by atoms with Gasteiger partial charge < -0.3 is 0 Å². The summed E-state index contributed by atoms with van der Waals surface area (Å²) >= 11 is 0. The molecule has 0 saturated carbocycles. The summed E-state index contributed by atoms with van der Waals surface area (Å²) in [6.07, 6.45) is 1.17. The van der Waals surface area contributed by atoms with Gasteiger partial charge in [-0.05, 0) is 11.8 Å². The van der Waals surface area contributed by atoms with Crippen molar-refractivity contribution in [2.24, 2.45) is 11.3 Å². The molecule has 12 heavy (non-hydrogen) atoms. The number of rotatable bonds is 3. The second kappa shape index (κ2) is 3.41. The van der Waals surface area contributed by atoms with E-state index in [0.29, 0.717) is 12.0 Å². The van der Waals surface area contributed by atoms with Crippen molar-refractivity contribution in [3.05, 3.63) is 0 Å². The van der Waals surface area contributed by atoms with Crippen LogP contribution in [0.5, 0.6) is 0 Å². The molecule has 0 atom stereocenters. The molecule has 1 heterocycles. The second-order valence-electron chi connectivity index (χ2n) is 3.88. The van der Waals surface area contributed by atoms with Crippen molar-refractivity contribution in [2.75, 3.05) is 19.6 Å². The maximum Gasteiger partial charge on any atom is 0.248 e. The number of hydrogen-bond acceptors (Lipinski definition) is 3. The molecule has 0 bridgehead atoms. The van der Waals surface area contributed by atoms with E-state index in [9.17, 15) is 4.79 Å². The molecule has 1 aliphatic rings. The van der Waals surface area contributed by atoms with Crippen LogP contribution in [-0.4, -0.2) is 30.4 Å². The SMILES string of the molecule is CCC1(C)CN(CC(=O)NN)C1. The number of carbonyl (C=O) groups is 1. The summed E-state index contributed by atoms with van der Waals surface area (Å²) in [6.45, 7) is 6.88. The average Bonchev–Trinajstić information content (AvgIpc) is 2.01. The lowest BCUT2D eigenvalue weighted by Crippen LogP contribution is -2.57. The van der Waals surface area contributed by atoms with Gasteiger partial charge in [-0.1, -0.05) is 13.8 Å². The fourth-order valence-corrected chi connectivity index (χ4v) is 1.62. The molecule has 0 aromatic rings. The van der Waals surface area contributed by atoms with Crippen LogP contribution in [0.3, 0.4) is 0 Å². The minimum absolute atomic E-state index is 0.104. The number of amides is 1. The predicted octanol–water partition coefficient (Wildman–Crippen LogP) is -0.292. The van der Waals surface area contributed by atoms with Gasteiger partial charge in [-0.15, -0.1) is 0 Å². The molecule has 0 aromatic carbocycles. The topological polar surface area (TPSA) is 58.4 Å². The number of hydrazine groups is 1. The van der Waals surface area contributed by atoms with E-state index >= 15 is 0 Å². The third kappa shape index (κ3) is 1.95. The van der Waals surface area contributed by atoms with E-state index in [0.717, 1.165) is 13.1 Å². The molecule has 1 amide bonds. The molecule has 0 unspecified atom stereocenters.